The molecule has 1 N–H and O–H groups in total. The quantitative estimate of drug-likeness (QED) is 0.791. The number of benzene rings is 1. The Bertz CT molecular complexity index is 597. The topological polar surface area (TPSA) is 79.3 Å². The first kappa shape index (κ1) is 17.0. The molecular weight excluding hydrogens is 308 g/mol. The highest BCUT2D eigenvalue weighted by atomic mass is 32.2. The van der Waals surface area contributed by atoms with Gasteiger partial charge in [-0.15, -0.1) is 0 Å². The molecule has 0 unspecified atom stereocenters. The second-order valence-corrected chi connectivity index (χ2v) is 6.89. The van der Waals surface area contributed by atoms with E-state index >= 15 is 0 Å². The van der Waals surface area contributed by atoms with Crippen molar-refractivity contribution in [3.05, 3.63) is 18.2 Å². The van der Waals surface area contributed by atoms with E-state index in [2.05, 4.69) is 0 Å². The molecule has 0 atom stereocenters. The van der Waals surface area contributed by atoms with Crippen LogP contribution in [0.2, 0.25) is 0 Å². The second-order valence-electron chi connectivity index (χ2n) is 4.99. The highest BCUT2D eigenvalue weighted by Crippen LogP contribution is 2.30. The maximum atomic E-state index is 12.8. The highest BCUT2D eigenvalue weighted by molar-refractivity contribution is 7.89. The minimum atomic E-state index is -3.60. The maximum absolute atomic E-state index is 12.8. The first-order valence-electron chi connectivity index (χ1n) is 7.08. The maximum Gasteiger partial charge on any atom is 0.246 e. The molecule has 0 aromatic heterocycles. The van der Waals surface area contributed by atoms with Crippen LogP contribution in [0.25, 0.3) is 0 Å². The number of ether oxygens (including phenoxy) is 2. The zero-order valence-corrected chi connectivity index (χ0v) is 13.7. The summed E-state index contributed by atoms with van der Waals surface area (Å²) >= 11 is 0. The second kappa shape index (κ2) is 7.28. The fraction of sp³-hybridized carbons (Fsp3) is 0.571. The molecule has 1 aromatic rings. The van der Waals surface area contributed by atoms with Crippen LogP contribution in [-0.2, 0) is 10.0 Å². The van der Waals surface area contributed by atoms with Crippen LogP contribution in [0, 0.1) is 0 Å². The van der Waals surface area contributed by atoms with Crippen LogP contribution in [0.3, 0.4) is 0 Å². The monoisotopic (exact) mass is 330 g/mol. The zero-order chi connectivity index (χ0) is 16.2. The molecule has 0 radical (unpaired) electrons. The summed E-state index contributed by atoms with van der Waals surface area (Å²) in [6.07, 6.45) is 0. The minimum absolute atomic E-state index is 0.0824. The van der Waals surface area contributed by atoms with Gasteiger partial charge in [0.05, 0.1) is 20.8 Å². The van der Waals surface area contributed by atoms with Gasteiger partial charge in [-0.1, -0.05) is 0 Å². The van der Waals surface area contributed by atoms with Crippen molar-refractivity contribution in [2.24, 2.45) is 0 Å². The standard InChI is InChI=1S/C14H22N2O5S/c1-20-12-3-4-14(13(11-12)21-2)22(18,19)16-7-5-15(6-8-16)9-10-17/h3-4,11,17H,5-10H2,1-2H3. The van der Waals surface area contributed by atoms with Crippen LogP contribution in [0.4, 0.5) is 0 Å². The molecule has 0 aliphatic carbocycles. The Morgan fingerprint density at radius 1 is 1.14 bits per heavy atom. The van der Waals surface area contributed by atoms with E-state index in [-0.39, 0.29) is 17.3 Å². The first-order valence-corrected chi connectivity index (χ1v) is 8.52. The average Bonchev–Trinajstić information content (AvgIpc) is 2.55. The summed E-state index contributed by atoms with van der Waals surface area (Å²) in [6.45, 7) is 2.67. The number of piperazine rings is 1. The minimum Gasteiger partial charge on any atom is -0.497 e. The Morgan fingerprint density at radius 3 is 2.36 bits per heavy atom. The van der Waals surface area contributed by atoms with Crippen molar-refractivity contribution in [3.63, 3.8) is 0 Å². The number of aliphatic hydroxyl groups excluding tert-OH is 1. The van der Waals surface area contributed by atoms with Gasteiger partial charge in [0, 0.05) is 38.8 Å². The van der Waals surface area contributed by atoms with E-state index in [4.69, 9.17) is 14.6 Å². The number of aliphatic hydroxyl groups is 1. The average molecular weight is 330 g/mol. The molecule has 1 fully saturated rings. The van der Waals surface area contributed by atoms with Crippen LogP contribution in [0.15, 0.2) is 23.1 Å². The van der Waals surface area contributed by atoms with Crippen LogP contribution in [-0.4, -0.2) is 76.3 Å². The molecule has 0 bridgehead atoms. The summed E-state index contributed by atoms with van der Waals surface area (Å²) in [5, 5.41) is 8.94. The third-order valence-corrected chi connectivity index (χ3v) is 5.67. The van der Waals surface area contributed by atoms with Crippen molar-refractivity contribution in [2.45, 2.75) is 4.90 Å². The number of methoxy groups -OCH3 is 2. The van der Waals surface area contributed by atoms with Crippen LogP contribution >= 0.6 is 0 Å². The molecule has 8 heteroatoms. The molecule has 124 valence electrons. The summed E-state index contributed by atoms with van der Waals surface area (Å²) in [5.74, 6) is 0.820. The van der Waals surface area contributed by atoms with Crippen molar-refractivity contribution in [1.82, 2.24) is 9.21 Å². The zero-order valence-electron chi connectivity index (χ0n) is 12.9. The Labute approximate surface area is 131 Å². The number of β-amino-alcohol motifs (C(OH)–C–C–N with tert-alkyl or cyclic N) is 1. The summed E-state index contributed by atoms with van der Waals surface area (Å²) in [4.78, 5) is 2.18. The Morgan fingerprint density at radius 2 is 1.82 bits per heavy atom. The number of hydrogen-bond donors (Lipinski definition) is 1. The van der Waals surface area contributed by atoms with Crippen molar-refractivity contribution in [1.29, 1.82) is 0 Å². The molecule has 0 saturated carbocycles. The number of hydrogen-bond acceptors (Lipinski definition) is 6. The van der Waals surface area contributed by atoms with Crippen molar-refractivity contribution in [3.8, 4) is 11.5 Å². The van der Waals surface area contributed by atoms with Gasteiger partial charge in [0.25, 0.3) is 0 Å². The normalized spacial score (nSPS) is 17.4. The SMILES string of the molecule is COc1ccc(S(=O)(=O)N2CCN(CCO)CC2)c(OC)c1. The van der Waals surface area contributed by atoms with E-state index < -0.39 is 10.0 Å². The molecule has 1 heterocycles. The van der Waals surface area contributed by atoms with Crippen LogP contribution in [0.1, 0.15) is 0 Å². The van der Waals surface area contributed by atoms with E-state index in [1.54, 1.807) is 12.1 Å². The van der Waals surface area contributed by atoms with Crippen molar-refractivity contribution >= 4 is 10.0 Å². The smallest absolute Gasteiger partial charge is 0.246 e. The Hall–Kier alpha value is -1.35. The Balaban J connectivity index is 2.21. The molecule has 1 aliphatic heterocycles. The third kappa shape index (κ3) is 3.52. The van der Waals surface area contributed by atoms with Gasteiger partial charge in [-0.25, -0.2) is 8.42 Å². The van der Waals surface area contributed by atoms with Crippen LogP contribution in [0.5, 0.6) is 11.5 Å². The van der Waals surface area contributed by atoms with Crippen molar-refractivity contribution < 1.29 is 23.0 Å². The molecular formula is C14H22N2O5S. The van der Waals surface area contributed by atoms with E-state index in [0.717, 1.165) is 0 Å². The fourth-order valence-electron chi connectivity index (χ4n) is 2.46. The van der Waals surface area contributed by atoms with E-state index in [9.17, 15) is 8.42 Å². The third-order valence-electron chi connectivity index (χ3n) is 3.74. The lowest BCUT2D eigenvalue weighted by Crippen LogP contribution is -2.49. The molecule has 1 aliphatic rings. The fourth-order valence-corrected chi connectivity index (χ4v) is 4.02. The molecule has 22 heavy (non-hydrogen) atoms. The summed E-state index contributed by atoms with van der Waals surface area (Å²) in [6, 6.07) is 4.68. The molecule has 0 spiro atoms. The number of nitrogens with zero attached hydrogens (tertiary/aromatic N) is 2. The molecule has 7 nitrogen and oxygen atoms in total. The van der Waals surface area contributed by atoms with Crippen LogP contribution < -0.4 is 9.47 Å². The number of sulfonamides is 1. The van der Waals surface area contributed by atoms with E-state index in [1.807, 2.05) is 4.90 Å². The van der Waals surface area contributed by atoms with Gasteiger partial charge in [-0.3, -0.25) is 4.90 Å². The molecule has 2 rings (SSSR count). The van der Waals surface area contributed by atoms with Gasteiger partial charge in [-0.05, 0) is 12.1 Å². The predicted octanol–water partition coefficient (Wildman–Crippen LogP) is 0.00240. The van der Waals surface area contributed by atoms with E-state index in [0.29, 0.717) is 38.5 Å². The summed E-state index contributed by atoms with van der Waals surface area (Å²) in [7, 11) is -0.650. The lowest BCUT2D eigenvalue weighted by atomic mass is 10.3. The molecule has 0 amide bonds. The molecule has 1 aromatic carbocycles. The lowest BCUT2D eigenvalue weighted by Gasteiger charge is -2.33. The summed E-state index contributed by atoms with van der Waals surface area (Å²) < 4.78 is 37.3. The van der Waals surface area contributed by atoms with E-state index in [1.165, 1.54) is 24.6 Å². The number of rotatable bonds is 6. The largest absolute Gasteiger partial charge is 0.497 e. The predicted molar refractivity (Wildman–Crippen MR) is 81.8 cm³/mol. The van der Waals surface area contributed by atoms with Gasteiger partial charge in [0.1, 0.15) is 16.4 Å². The van der Waals surface area contributed by atoms with Crippen molar-refractivity contribution in [2.75, 3.05) is 53.6 Å². The van der Waals surface area contributed by atoms with Gasteiger partial charge in [0.2, 0.25) is 10.0 Å². The first-order chi connectivity index (χ1) is 10.5. The molecule has 1 saturated heterocycles. The lowest BCUT2D eigenvalue weighted by molar-refractivity contribution is 0.151. The van der Waals surface area contributed by atoms with Gasteiger partial charge < -0.3 is 14.6 Å². The Kier molecular flexibility index (Phi) is 5.63. The summed E-state index contributed by atoms with van der Waals surface area (Å²) in [5.41, 5.74) is 0. The van der Waals surface area contributed by atoms with Gasteiger partial charge in [0.15, 0.2) is 0 Å². The highest BCUT2D eigenvalue weighted by Gasteiger charge is 2.30. The van der Waals surface area contributed by atoms with Gasteiger partial charge in [-0.2, -0.15) is 4.31 Å². The van der Waals surface area contributed by atoms with Gasteiger partial charge >= 0.3 is 0 Å².